The molecule has 2 rings (SSSR count). The summed E-state index contributed by atoms with van der Waals surface area (Å²) in [5, 5.41) is 3.45. The zero-order valence-electron chi connectivity index (χ0n) is 11.0. The van der Waals surface area contributed by atoms with Crippen molar-refractivity contribution in [2.24, 2.45) is 0 Å². The number of hydrogen-bond donors (Lipinski definition) is 1. The molecule has 0 bridgehead atoms. The van der Waals surface area contributed by atoms with E-state index in [-0.39, 0.29) is 0 Å². The van der Waals surface area contributed by atoms with Gasteiger partial charge in [0, 0.05) is 11.0 Å². The second-order valence-electron chi connectivity index (χ2n) is 4.40. The monoisotopic (exact) mass is 319 g/mol. The first-order valence-electron chi connectivity index (χ1n) is 6.36. The minimum Gasteiger partial charge on any atom is -0.497 e. The summed E-state index contributed by atoms with van der Waals surface area (Å²) < 4.78 is 6.33. The first-order valence-corrected chi connectivity index (χ1v) is 7.15. The quantitative estimate of drug-likeness (QED) is 0.818. The van der Waals surface area contributed by atoms with Crippen molar-refractivity contribution < 1.29 is 4.74 Å². The van der Waals surface area contributed by atoms with Crippen molar-refractivity contribution in [3.05, 3.63) is 64.1 Å². The molecule has 2 aromatic rings. The lowest BCUT2D eigenvalue weighted by atomic mass is 10.1. The summed E-state index contributed by atoms with van der Waals surface area (Å²) in [5.41, 5.74) is 2.59. The van der Waals surface area contributed by atoms with Crippen molar-refractivity contribution in [1.29, 1.82) is 0 Å². The smallest absolute Gasteiger partial charge is 0.119 e. The largest absolute Gasteiger partial charge is 0.497 e. The normalized spacial score (nSPS) is 10.4. The van der Waals surface area contributed by atoms with Gasteiger partial charge in [0.05, 0.1) is 7.11 Å². The van der Waals surface area contributed by atoms with E-state index < -0.39 is 0 Å². The van der Waals surface area contributed by atoms with Crippen LogP contribution < -0.4 is 10.1 Å². The van der Waals surface area contributed by atoms with Crippen molar-refractivity contribution in [1.82, 2.24) is 5.32 Å². The van der Waals surface area contributed by atoms with E-state index in [0.717, 1.165) is 29.7 Å². The zero-order valence-corrected chi connectivity index (χ0v) is 12.6. The molecule has 0 spiro atoms. The third-order valence-electron chi connectivity index (χ3n) is 2.97. The second-order valence-corrected chi connectivity index (χ2v) is 5.32. The number of rotatable bonds is 6. The number of methoxy groups -OCH3 is 1. The predicted octanol–water partition coefficient (Wildman–Crippen LogP) is 3.79. The molecule has 100 valence electrons. The SMILES string of the molecule is COc1cccc(CCNCc2ccc(Br)cc2)c1. The summed E-state index contributed by atoms with van der Waals surface area (Å²) in [5.74, 6) is 0.922. The first kappa shape index (κ1) is 14.1. The van der Waals surface area contributed by atoms with Gasteiger partial charge < -0.3 is 10.1 Å². The van der Waals surface area contributed by atoms with Gasteiger partial charge in [-0.3, -0.25) is 0 Å². The third-order valence-corrected chi connectivity index (χ3v) is 3.50. The van der Waals surface area contributed by atoms with Gasteiger partial charge in [-0.25, -0.2) is 0 Å². The average Bonchev–Trinajstić information content (AvgIpc) is 2.46. The fourth-order valence-electron chi connectivity index (χ4n) is 1.90. The first-order chi connectivity index (χ1) is 9.28. The van der Waals surface area contributed by atoms with Crippen LogP contribution in [0.25, 0.3) is 0 Å². The Labute approximate surface area is 122 Å². The van der Waals surface area contributed by atoms with Crippen molar-refractivity contribution in [2.75, 3.05) is 13.7 Å². The number of ether oxygens (including phenoxy) is 1. The van der Waals surface area contributed by atoms with Crippen LogP contribution in [-0.4, -0.2) is 13.7 Å². The van der Waals surface area contributed by atoms with E-state index in [1.165, 1.54) is 11.1 Å². The summed E-state index contributed by atoms with van der Waals surface area (Å²) in [4.78, 5) is 0. The minimum atomic E-state index is 0.900. The van der Waals surface area contributed by atoms with E-state index >= 15 is 0 Å². The molecule has 0 heterocycles. The van der Waals surface area contributed by atoms with Crippen LogP contribution in [0.3, 0.4) is 0 Å². The predicted molar refractivity (Wildman–Crippen MR) is 82.5 cm³/mol. The molecular weight excluding hydrogens is 302 g/mol. The van der Waals surface area contributed by atoms with E-state index in [0.29, 0.717) is 0 Å². The highest BCUT2D eigenvalue weighted by Gasteiger charge is 1.97. The lowest BCUT2D eigenvalue weighted by Crippen LogP contribution is -2.16. The van der Waals surface area contributed by atoms with Gasteiger partial charge in [0.1, 0.15) is 5.75 Å². The second kappa shape index (κ2) is 7.31. The van der Waals surface area contributed by atoms with Gasteiger partial charge in [-0.1, -0.05) is 40.2 Å². The highest BCUT2D eigenvalue weighted by Crippen LogP contribution is 2.13. The standard InChI is InChI=1S/C16H18BrNO/c1-19-16-4-2-3-13(11-16)9-10-18-12-14-5-7-15(17)8-6-14/h2-8,11,18H,9-10,12H2,1H3. The highest BCUT2D eigenvalue weighted by molar-refractivity contribution is 9.10. The Hall–Kier alpha value is -1.32. The summed E-state index contributed by atoms with van der Waals surface area (Å²) in [6.07, 6.45) is 1.01. The van der Waals surface area contributed by atoms with Crippen molar-refractivity contribution >= 4 is 15.9 Å². The molecule has 0 amide bonds. The number of hydrogen-bond acceptors (Lipinski definition) is 2. The molecule has 0 aliphatic carbocycles. The van der Waals surface area contributed by atoms with Gasteiger partial charge in [0.25, 0.3) is 0 Å². The van der Waals surface area contributed by atoms with Crippen LogP contribution in [0.1, 0.15) is 11.1 Å². The van der Waals surface area contributed by atoms with Gasteiger partial charge in [-0.05, 0) is 48.4 Å². The van der Waals surface area contributed by atoms with Crippen LogP contribution in [0.4, 0.5) is 0 Å². The maximum Gasteiger partial charge on any atom is 0.119 e. The Morgan fingerprint density at radius 1 is 1.05 bits per heavy atom. The summed E-state index contributed by atoms with van der Waals surface area (Å²) in [6, 6.07) is 16.6. The molecule has 0 atom stereocenters. The van der Waals surface area contributed by atoms with E-state index in [1.807, 2.05) is 12.1 Å². The molecule has 0 aliphatic rings. The number of nitrogens with one attached hydrogen (secondary N) is 1. The zero-order chi connectivity index (χ0) is 13.5. The van der Waals surface area contributed by atoms with E-state index in [9.17, 15) is 0 Å². The summed E-state index contributed by atoms with van der Waals surface area (Å²) in [7, 11) is 1.70. The molecule has 0 radical (unpaired) electrons. The lowest BCUT2D eigenvalue weighted by molar-refractivity contribution is 0.414. The van der Waals surface area contributed by atoms with Gasteiger partial charge in [0.15, 0.2) is 0 Å². The minimum absolute atomic E-state index is 0.900. The Kier molecular flexibility index (Phi) is 5.43. The fourth-order valence-corrected chi connectivity index (χ4v) is 2.16. The van der Waals surface area contributed by atoms with Gasteiger partial charge >= 0.3 is 0 Å². The van der Waals surface area contributed by atoms with Gasteiger partial charge in [-0.2, -0.15) is 0 Å². The molecule has 0 saturated carbocycles. The lowest BCUT2D eigenvalue weighted by Gasteiger charge is -2.06. The summed E-state index contributed by atoms with van der Waals surface area (Å²) >= 11 is 3.44. The van der Waals surface area contributed by atoms with E-state index in [2.05, 4.69) is 57.6 Å². The fraction of sp³-hybridized carbons (Fsp3) is 0.250. The van der Waals surface area contributed by atoms with Crippen LogP contribution in [0.15, 0.2) is 53.0 Å². The van der Waals surface area contributed by atoms with E-state index in [1.54, 1.807) is 7.11 Å². The van der Waals surface area contributed by atoms with Crippen molar-refractivity contribution in [3.63, 3.8) is 0 Å². The van der Waals surface area contributed by atoms with E-state index in [4.69, 9.17) is 4.74 Å². The Morgan fingerprint density at radius 3 is 2.58 bits per heavy atom. The molecule has 19 heavy (non-hydrogen) atoms. The molecule has 0 aromatic heterocycles. The van der Waals surface area contributed by atoms with Crippen molar-refractivity contribution in [3.8, 4) is 5.75 Å². The molecule has 0 unspecified atom stereocenters. The Bertz CT molecular complexity index is 510. The van der Waals surface area contributed by atoms with Crippen LogP contribution in [0, 0.1) is 0 Å². The highest BCUT2D eigenvalue weighted by atomic mass is 79.9. The van der Waals surface area contributed by atoms with Crippen molar-refractivity contribution in [2.45, 2.75) is 13.0 Å². The molecule has 0 saturated heterocycles. The molecule has 0 aliphatic heterocycles. The number of benzene rings is 2. The molecule has 0 fully saturated rings. The molecule has 1 N–H and O–H groups in total. The number of halogens is 1. The van der Waals surface area contributed by atoms with Crippen LogP contribution in [0.2, 0.25) is 0 Å². The van der Waals surface area contributed by atoms with Crippen LogP contribution in [-0.2, 0) is 13.0 Å². The topological polar surface area (TPSA) is 21.3 Å². The Balaban J connectivity index is 1.75. The molecule has 2 aromatic carbocycles. The third kappa shape index (κ3) is 4.69. The van der Waals surface area contributed by atoms with Crippen LogP contribution >= 0.6 is 15.9 Å². The summed E-state index contributed by atoms with van der Waals surface area (Å²) in [6.45, 7) is 1.86. The molecule has 2 nitrogen and oxygen atoms in total. The molecule has 3 heteroatoms. The van der Waals surface area contributed by atoms with Gasteiger partial charge in [-0.15, -0.1) is 0 Å². The van der Waals surface area contributed by atoms with Gasteiger partial charge in [0.2, 0.25) is 0 Å². The van der Waals surface area contributed by atoms with Crippen LogP contribution in [0.5, 0.6) is 5.75 Å². The Morgan fingerprint density at radius 2 is 1.84 bits per heavy atom. The maximum atomic E-state index is 5.22. The average molecular weight is 320 g/mol. The molecular formula is C16H18BrNO. The maximum absolute atomic E-state index is 5.22.